The van der Waals surface area contributed by atoms with Crippen LogP contribution in [0, 0.1) is 25.4 Å². The zero-order valence-corrected chi connectivity index (χ0v) is 32.2. The molecule has 0 aliphatic carbocycles. The molecule has 3 heterocycles. The molecule has 0 bridgehead atoms. The maximum absolute atomic E-state index is 9.51. The van der Waals surface area contributed by atoms with E-state index in [4.69, 9.17) is 31.9 Å². The molecule has 6 rings (SSSR count). The first-order valence-electron chi connectivity index (χ1n) is 11.7. The second-order valence-corrected chi connectivity index (χ2v) is 8.46. The van der Waals surface area contributed by atoms with Gasteiger partial charge in [-0.15, -0.1) is 18.2 Å². The molecular formula is C28H19B2N3O5Rb2. The van der Waals surface area contributed by atoms with Crippen LogP contribution in [0.4, 0.5) is 11.4 Å². The number of nitrogens with zero attached hydrogens (tertiary/aromatic N) is 3. The zero-order valence-electron chi connectivity index (χ0n) is 22.3. The standard InChI is InChI=1S/C15H11BNO2.C13H8BN2O3.2Rb/c1-16-15-8-7-14(9-11(15)10-18-16)19-13-5-3-12(17-2)4-6-13;1-15-10-2-5-13(16-7-10)19-11-3-4-12-9(6-11)8-18-14(12)17;;/h3,5-9H,10H2,1H3;2-6,17H,8H2;;/q2*-1;2*+1. The van der Waals surface area contributed by atoms with E-state index >= 15 is 0 Å². The number of fused-ring (bicyclic) bond motifs is 2. The number of rotatable bonds is 4. The molecule has 0 amide bonds. The molecule has 0 unspecified atom stereocenters. The fourth-order valence-corrected chi connectivity index (χ4v) is 3.99. The predicted molar refractivity (Wildman–Crippen MR) is 142 cm³/mol. The topological polar surface area (TPSA) is 78.8 Å². The maximum atomic E-state index is 9.51. The van der Waals surface area contributed by atoms with Crippen molar-refractivity contribution in [2.24, 2.45) is 0 Å². The second kappa shape index (κ2) is 16.0. The minimum absolute atomic E-state index is 0. The van der Waals surface area contributed by atoms with E-state index in [1.807, 2.05) is 25.0 Å². The van der Waals surface area contributed by atoms with E-state index in [0.29, 0.717) is 42.0 Å². The summed E-state index contributed by atoms with van der Waals surface area (Å²) < 4.78 is 22.0. The molecule has 4 aromatic rings. The van der Waals surface area contributed by atoms with Crippen molar-refractivity contribution < 1.29 is 140 Å². The average molecular weight is 670 g/mol. The summed E-state index contributed by atoms with van der Waals surface area (Å²) >= 11 is 0. The molecule has 184 valence electrons. The van der Waals surface area contributed by atoms with Crippen molar-refractivity contribution in [2.75, 3.05) is 0 Å². The summed E-state index contributed by atoms with van der Waals surface area (Å²) in [4.78, 5) is 10.4. The molecule has 0 fully saturated rings. The normalized spacial score (nSPS) is 12.3. The Bertz CT molecular complexity index is 1430. The molecule has 40 heavy (non-hydrogen) atoms. The molecular weight excluding hydrogens is 651 g/mol. The van der Waals surface area contributed by atoms with Crippen molar-refractivity contribution in [2.45, 2.75) is 20.0 Å². The summed E-state index contributed by atoms with van der Waals surface area (Å²) in [5, 5.41) is 9.51. The van der Waals surface area contributed by atoms with Gasteiger partial charge in [-0.05, 0) is 46.3 Å². The van der Waals surface area contributed by atoms with E-state index in [0.717, 1.165) is 16.8 Å². The maximum Gasteiger partial charge on any atom is 1.00 e. The Balaban J connectivity index is 0.000000210. The summed E-state index contributed by atoms with van der Waals surface area (Å²) in [5.74, 6) is 2.43. The van der Waals surface area contributed by atoms with Crippen LogP contribution >= 0.6 is 0 Å². The second-order valence-electron chi connectivity index (χ2n) is 8.46. The van der Waals surface area contributed by atoms with Gasteiger partial charge in [0.2, 0.25) is 0 Å². The van der Waals surface area contributed by atoms with E-state index in [-0.39, 0.29) is 123 Å². The van der Waals surface area contributed by atoms with Crippen LogP contribution in [0.25, 0.3) is 9.69 Å². The van der Waals surface area contributed by atoms with Gasteiger partial charge in [0.1, 0.15) is 17.4 Å². The monoisotopic (exact) mass is 669 g/mol. The number of aromatic nitrogens is 1. The minimum atomic E-state index is -0.853. The molecule has 2 aliphatic rings. The Morgan fingerprint density at radius 2 is 1.45 bits per heavy atom. The van der Waals surface area contributed by atoms with Gasteiger partial charge in [-0.1, -0.05) is 25.2 Å². The molecule has 1 aromatic heterocycles. The van der Waals surface area contributed by atoms with Crippen molar-refractivity contribution in [3.8, 4) is 23.1 Å². The van der Waals surface area contributed by atoms with Gasteiger partial charge in [-0.25, -0.2) is 0 Å². The van der Waals surface area contributed by atoms with E-state index in [1.54, 1.807) is 48.5 Å². The molecule has 3 aromatic carbocycles. The van der Waals surface area contributed by atoms with Gasteiger partial charge in [0.15, 0.2) is 0 Å². The van der Waals surface area contributed by atoms with Crippen molar-refractivity contribution in [3.05, 3.63) is 113 Å². The number of ether oxygens (including phenoxy) is 2. The van der Waals surface area contributed by atoms with Crippen LogP contribution in [0.5, 0.6) is 23.1 Å². The first-order valence-corrected chi connectivity index (χ1v) is 11.7. The van der Waals surface area contributed by atoms with Crippen LogP contribution in [-0.4, -0.2) is 24.0 Å². The molecule has 0 saturated carbocycles. The molecule has 0 saturated heterocycles. The Morgan fingerprint density at radius 3 is 2.10 bits per heavy atom. The molecule has 8 nitrogen and oxygen atoms in total. The van der Waals surface area contributed by atoms with Gasteiger partial charge in [-0.3, -0.25) is 9.69 Å². The Morgan fingerprint density at radius 1 is 0.825 bits per heavy atom. The molecule has 12 heteroatoms. The molecule has 0 spiro atoms. The largest absolute Gasteiger partial charge is 1.00 e. The van der Waals surface area contributed by atoms with Crippen molar-refractivity contribution in [3.63, 3.8) is 0 Å². The fourth-order valence-electron chi connectivity index (χ4n) is 3.99. The first-order chi connectivity index (χ1) is 18.5. The van der Waals surface area contributed by atoms with Crippen molar-refractivity contribution in [1.82, 2.24) is 4.98 Å². The third-order valence-electron chi connectivity index (χ3n) is 5.95. The summed E-state index contributed by atoms with van der Waals surface area (Å²) in [5.41, 5.74) is 4.89. The average Bonchev–Trinajstić information content (AvgIpc) is 3.51. The van der Waals surface area contributed by atoms with E-state index in [1.165, 1.54) is 11.0 Å². The van der Waals surface area contributed by atoms with Gasteiger partial charge in [-0.2, -0.15) is 18.2 Å². The summed E-state index contributed by atoms with van der Waals surface area (Å²) in [7, 11) is -0.853. The van der Waals surface area contributed by atoms with E-state index in [2.05, 4.69) is 26.9 Å². The molecule has 0 atom stereocenters. The first kappa shape index (κ1) is 33.5. The quantitative estimate of drug-likeness (QED) is 0.214. The zero-order chi connectivity index (χ0) is 26.5. The van der Waals surface area contributed by atoms with E-state index < -0.39 is 7.12 Å². The number of pyridine rings is 1. The smallest absolute Gasteiger partial charge is 0.517 e. The van der Waals surface area contributed by atoms with Gasteiger partial charge >= 0.3 is 130 Å². The third-order valence-corrected chi connectivity index (χ3v) is 5.95. The van der Waals surface area contributed by atoms with E-state index in [9.17, 15) is 5.02 Å². The SMILES string of the molecule is [C-]#[N+]c1[c-]cc(Oc2ccc3c(c2)COB3C)cc1.[C-]#[N+]c1[c-]nc(Oc2ccc3c(c2)COB3O)cc1.[Rb+].[Rb+]. The molecule has 0 radical (unpaired) electrons. The summed E-state index contributed by atoms with van der Waals surface area (Å²) in [6.07, 6.45) is 2.57. The van der Waals surface area contributed by atoms with Gasteiger partial charge in [0.25, 0.3) is 0 Å². The van der Waals surface area contributed by atoms with Crippen LogP contribution in [-0.2, 0) is 22.5 Å². The van der Waals surface area contributed by atoms with Crippen molar-refractivity contribution >= 4 is 36.3 Å². The van der Waals surface area contributed by atoms with Crippen LogP contribution < -0.4 is 137 Å². The van der Waals surface area contributed by atoms with Crippen LogP contribution in [0.3, 0.4) is 0 Å². The number of hydrogen-bond acceptors (Lipinski definition) is 6. The number of hydrogen-bond donors (Lipinski definition) is 1. The predicted octanol–water partition coefficient (Wildman–Crippen LogP) is -1.36. The van der Waals surface area contributed by atoms with Crippen LogP contribution in [0.2, 0.25) is 6.82 Å². The summed E-state index contributed by atoms with van der Waals surface area (Å²) in [6.45, 7) is 16.9. The van der Waals surface area contributed by atoms with Gasteiger partial charge in [0.05, 0.1) is 37.7 Å². The van der Waals surface area contributed by atoms with Gasteiger partial charge < -0.3 is 28.8 Å². The number of benzene rings is 3. The van der Waals surface area contributed by atoms with Gasteiger partial charge in [0, 0.05) is 5.75 Å². The minimum Gasteiger partial charge on any atom is -0.517 e. The Labute approximate surface area is 331 Å². The molecule has 2 aliphatic heterocycles. The van der Waals surface area contributed by atoms with Crippen LogP contribution in [0.15, 0.2) is 66.7 Å². The third kappa shape index (κ3) is 8.53. The fraction of sp³-hybridized carbons (Fsp3) is 0.107. The Hall–Kier alpha value is -0.990. The van der Waals surface area contributed by atoms with Crippen molar-refractivity contribution in [1.29, 1.82) is 0 Å². The Kier molecular flexibility index (Phi) is 13.4. The summed E-state index contributed by atoms with van der Waals surface area (Å²) in [6, 6.07) is 22.5. The molecule has 1 N–H and O–H groups in total. The van der Waals surface area contributed by atoms with Crippen LogP contribution in [0.1, 0.15) is 11.1 Å².